The van der Waals surface area contributed by atoms with Gasteiger partial charge in [0.1, 0.15) is 11.6 Å². The van der Waals surface area contributed by atoms with E-state index in [1.165, 1.54) is 0 Å². The fourth-order valence-corrected chi connectivity index (χ4v) is 3.26. The summed E-state index contributed by atoms with van der Waals surface area (Å²) in [4.78, 5) is 0. The molecule has 0 aromatic heterocycles. The van der Waals surface area contributed by atoms with Crippen molar-refractivity contribution >= 4 is 10.0 Å². The van der Waals surface area contributed by atoms with Gasteiger partial charge in [0.05, 0.1) is 11.9 Å². The third-order valence-corrected chi connectivity index (χ3v) is 4.62. The van der Waals surface area contributed by atoms with Crippen LogP contribution in [0.3, 0.4) is 0 Å². The molecule has 1 unspecified atom stereocenters. The number of aliphatic hydroxyl groups excluding tert-OH is 1. The second-order valence-electron chi connectivity index (χ2n) is 5.10. The van der Waals surface area contributed by atoms with Gasteiger partial charge in [0.2, 0.25) is 10.0 Å². The van der Waals surface area contributed by atoms with Crippen LogP contribution in [0.5, 0.6) is 0 Å². The predicted octanol–water partition coefficient (Wildman–Crippen LogP) is 2.51. The quantitative estimate of drug-likeness (QED) is 0.813. The molecular formula is C16H17F2NO3S. The highest BCUT2D eigenvalue weighted by molar-refractivity contribution is 7.88. The first kappa shape index (κ1) is 17.5. The lowest BCUT2D eigenvalue weighted by atomic mass is 10.1. The molecule has 7 heteroatoms. The van der Waals surface area contributed by atoms with E-state index in [1.54, 1.807) is 24.3 Å². The van der Waals surface area contributed by atoms with Crippen molar-refractivity contribution in [1.29, 1.82) is 0 Å². The number of hydrogen-bond donors (Lipinski definition) is 2. The number of nitrogens with one attached hydrogen (secondary N) is 1. The number of halogens is 2. The van der Waals surface area contributed by atoms with Gasteiger partial charge in [-0.15, -0.1) is 0 Å². The molecule has 2 rings (SSSR count). The summed E-state index contributed by atoms with van der Waals surface area (Å²) in [5.74, 6) is -2.25. The standard InChI is InChI=1S/C16H17F2NO3S/c17-14-7-6-13(15(18)10-14)11-23(21,22)19-9-8-16(20)12-4-2-1-3-5-12/h1-7,10,16,19-20H,8-9,11H2. The van der Waals surface area contributed by atoms with Crippen LogP contribution in [0.1, 0.15) is 23.7 Å². The molecule has 0 radical (unpaired) electrons. The third kappa shape index (κ3) is 5.38. The Balaban J connectivity index is 1.89. The van der Waals surface area contributed by atoms with Gasteiger partial charge >= 0.3 is 0 Å². The Morgan fingerprint density at radius 1 is 1.09 bits per heavy atom. The molecular weight excluding hydrogens is 324 g/mol. The summed E-state index contributed by atoms with van der Waals surface area (Å²) in [7, 11) is -3.77. The van der Waals surface area contributed by atoms with Crippen LogP contribution in [0.2, 0.25) is 0 Å². The van der Waals surface area contributed by atoms with Crippen LogP contribution >= 0.6 is 0 Å². The van der Waals surface area contributed by atoms with Gasteiger partial charge in [-0.05, 0) is 18.1 Å². The van der Waals surface area contributed by atoms with Crippen molar-refractivity contribution in [1.82, 2.24) is 4.72 Å². The van der Waals surface area contributed by atoms with Crippen molar-refractivity contribution in [3.05, 3.63) is 71.3 Å². The van der Waals surface area contributed by atoms with Crippen LogP contribution in [0.25, 0.3) is 0 Å². The molecule has 0 fully saturated rings. The molecule has 0 aliphatic heterocycles. The van der Waals surface area contributed by atoms with Gasteiger partial charge in [-0.25, -0.2) is 21.9 Å². The zero-order chi connectivity index (χ0) is 16.9. The van der Waals surface area contributed by atoms with Gasteiger partial charge in [0, 0.05) is 18.2 Å². The Morgan fingerprint density at radius 2 is 1.78 bits per heavy atom. The highest BCUT2D eigenvalue weighted by Crippen LogP contribution is 2.16. The molecule has 1 atom stereocenters. The maximum absolute atomic E-state index is 13.5. The molecule has 0 saturated heterocycles. The van der Waals surface area contributed by atoms with E-state index in [2.05, 4.69) is 4.72 Å². The Morgan fingerprint density at radius 3 is 2.43 bits per heavy atom. The lowest BCUT2D eigenvalue weighted by Gasteiger charge is -2.12. The van der Waals surface area contributed by atoms with Crippen LogP contribution < -0.4 is 4.72 Å². The maximum Gasteiger partial charge on any atom is 0.215 e. The Labute approximate surface area is 133 Å². The second kappa shape index (κ2) is 7.63. The number of rotatable bonds is 7. The van der Waals surface area contributed by atoms with Gasteiger partial charge in [0.15, 0.2) is 0 Å². The van der Waals surface area contributed by atoms with Crippen molar-refractivity contribution in [2.75, 3.05) is 6.54 Å². The molecule has 0 spiro atoms. The monoisotopic (exact) mass is 341 g/mol. The first-order chi connectivity index (χ1) is 10.9. The molecule has 4 nitrogen and oxygen atoms in total. The minimum absolute atomic E-state index is 0.0151. The summed E-state index contributed by atoms with van der Waals surface area (Å²) < 4.78 is 52.4. The summed E-state index contributed by atoms with van der Waals surface area (Å²) in [6, 6.07) is 11.6. The smallest absolute Gasteiger partial charge is 0.215 e. The van der Waals surface area contributed by atoms with Crippen molar-refractivity contribution < 1.29 is 22.3 Å². The first-order valence-corrected chi connectivity index (χ1v) is 8.67. The van der Waals surface area contributed by atoms with Crippen molar-refractivity contribution in [2.45, 2.75) is 18.3 Å². The lowest BCUT2D eigenvalue weighted by molar-refractivity contribution is 0.169. The average molecular weight is 341 g/mol. The maximum atomic E-state index is 13.5. The molecule has 2 aromatic rings. The molecule has 2 aromatic carbocycles. The molecule has 0 amide bonds. The van der Waals surface area contributed by atoms with Gasteiger partial charge in [0.25, 0.3) is 0 Å². The van der Waals surface area contributed by atoms with Crippen LogP contribution in [-0.2, 0) is 15.8 Å². The fourth-order valence-electron chi connectivity index (χ4n) is 2.09. The lowest BCUT2D eigenvalue weighted by Crippen LogP contribution is -2.27. The largest absolute Gasteiger partial charge is 0.388 e. The van der Waals surface area contributed by atoms with Gasteiger partial charge in [-0.3, -0.25) is 0 Å². The van der Waals surface area contributed by atoms with E-state index in [1.807, 2.05) is 6.07 Å². The SMILES string of the molecule is O=S(=O)(Cc1ccc(F)cc1F)NCCC(O)c1ccccc1. The summed E-state index contributed by atoms with van der Waals surface area (Å²) >= 11 is 0. The Bertz CT molecular complexity index is 751. The van der Waals surface area contributed by atoms with Gasteiger partial charge in [-0.2, -0.15) is 0 Å². The fraction of sp³-hybridized carbons (Fsp3) is 0.250. The Hall–Kier alpha value is -1.83. The molecule has 0 aliphatic rings. The zero-order valence-corrected chi connectivity index (χ0v) is 13.1. The van der Waals surface area contributed by atoms with E-state index in [0.717, 1.165) is 12.1 Å². The van der Waals surface area contributed by atoms with Crippen LogP contribution in [-0.4, -0.2) is 20.1 Å². The van der Waals surface area contributed by atoms with Gasteiger partial charge in [-0.1, -0.05) is 36.4 Å². The second-order valence-corrected chi connectivity index (χ2v) is 6.91. The van der Waals surface area contributed by atoms with E-state index >= 15 is 0 Å². The summed E-state index contributed by atoms with van der Waals surface area (Å²) in [6.45, 7) is 0.0151. The number of hydrogen-bond acceptors (Lipinski definition) is 3. The zero-order valence-electron chi connectivity index (χ0n) is 12.2. The Kier molecular flexibility index (Phi) is 5.81. The van der Waals surface area contributed by atoms with Crippen molar-refractivity contribution in [3.63, 3.8) is 0 Å². The van der Waals surface area contributed by atoms with Crippen molar-refractivity contribution in [3.8, 4) is 0 Å². The number of sulfonamides is 1. The molecule has 0 heterocycles. The summed E-state index contributed by atoms with van der Waals surface area (Å²) in [5.41, 5.74) is 0.582. The molecule has 0 bridgehead atoms. The van der Waals surface area contributed by atoms with E-state index in [-0.39, 0.29) is 18.5 Å². The molecule has 0 aliphatic carbocycles. The highest BCUT2D eigenvalue weighted by atomic mass is 32.2. The third-order valence-electron chi connectivity index (χ3n) is 3.28. The normalized spacial score (nSPS) is 13.0. The van der Waals surface area contributed by atoms with E-state index in [0.29, 0.717) is 11.6 Å². The van der Waals surface area contributed by atoms with Crippen LogP contribution in [0.15, 0.2) is 48.5 Å². The predicted molar refractivity (Wildman–Crippen MR) is 83.0 cm³/mol. The summed E-state index contributed by atoms with van der Waals surface area (Å²) in [6.07, 6.45) is -0.601. The molecule has 2 N–H and O–H groups in total. The van der Waals surface area contributed by atoms with E-state index in [4.69, 9.17) is 0 Å². The highest BCUT2D eigenvalue weighted by Gasteiger charge is 2.16. The molecule has 0 saturated carbocycles. The van der Waals surface area contributed by atoms with Crippen molar-refractivity contribution in [2.24, 2.45) is 0 Å². The van der Waals surface area contributed by atoms with Gasteiger partial charge < -0.3 is 5.11 Å². The summed E-state index contributed by atoms with van der Waals surface area (Å²) in [5, 5.41) is 9.95. The molecule has 23 heavy (non-hydrogen) atoms. The topological polar surface area (TPSA) is 66.4 Å². The minimum Gasteiger partial charge on any atom is -0.388 e. The minimum atomic E-state index is -3.77. The molecule has 124 valence electrons. The average Bonchev–Trinajstić information content (AvgIpc) is 2.50. The number of benzene rings is 2. The van der Waals surface area contributed by atoms with Crippen LogP contribution in [0, 0.1) is 11.6 Å². The van der Waals surface area contributed by atoms with E-state index < -0.39 is 33.5 Å². The van der Waals surface area contributed by atoms with Crippen LogP contribution in [0.4, 0.5) is 8.78 Å². The number of aliphatic hydroxyl groups is 1. The first-order valence-electron chi connectivity index (χ1n) is 7.02. The van der Waals surface area contributed by atoms with E-state index in [9.17, 15) is 22.3 Å².